The highest BCUT2D eigenvalue weighted by molar-refractivity contribution is 6.03. The highest BCUT2D eigenvalue weighted by Gasteiger charge is 2.28. The van der Waals surface area contributed by atoms with Crippen LogP contribution in [0.4, 0.5) is 11.4 Å². The fourth-order valence-corrected chi connectivity index (χ4v) is 3.67. The molecule has 0 saturated carbocycles. The smallest absolute Gasteiger partial charge is 0.329 e. The van der Waals surface area contributed by atoms with Crippen LogP contribution in [0, 0.1) is 12.8 Å². The van der Waals surface area contributed by atoms with E-state index in [1.807, 2.05) is 19.1 Å². The average molecular weight is 452 g/mol. The number of nitrogens with zero attached hydrogens (tertiary/aromatic N) is 1. The third kappa shape index (κ3) is 5.97. The minimum absolute atomic E-state index is 0.00676. The maximum Gasteiger partial charge on any atom is 0.329 e. The topological polar surface area (TPSA) is 105 Å². The van der Waals surface area contributed by atoms with Gasteiger partial charge in [0.15, 0.2) is 6.61 Å². The van der Waals surface area contributed by atoms with Gasteiger partial charge in [0.1, 0.15) is 6.04 Å². The van der Waals surface area contributed by atoms with Gasteiger partial charge in [-0.2, -0.15) is 0 Å². The van der Waals surface area contributed by atoms with Gasteiger partial charge in [0.2, 0.25) is 5.91 Å². The zero-order chi connectivity index (χ0) is 24.0. The molecule has 0 radical (unpaired) electrons. The molecule has 0 spiro atoms. The second-order valence-electron chi connectivity index (χ2n) is 8.33. The lowest BCUT2D eigenvalue weighted by Gasteiger charge is -2.22. The summed E-state index contributed by atoms with van der Waals surface area (Å²) in [6, 6.07) is 13.2. The second-order valence-corrected chi connectivity index (χ2v) is 8.33. The van der Waals surface area contributed by atoms with Gasteiger partial charge in [-0.1, -0.05) is 44.2 Å². The zero-order valence-corrected chi connectivity index (χ0v) is 19.1. The summed E-state index contributed by atoms with van der Waals surface area (Å²) in [7, 11) is 0. The molecule has 2 aromatic carbocycles. The number of amides is 3. The summed E-state index contributed by atoms with van der Waals surface area (Å²) in [5.74, 6) is -1.83. The van der Waals surface area contributed by atoms with E-state index in [2.05, 4.69) is 10.6 Å². The van der Waals surface area contributed by atoms with Gasteiger partial charge in [-0.05, 0) is 43.0 Å². The first-order valence-corrected chi connectivity index (χ1v) is 11.0. The molecule has 33 heavy (non-hydrogen) atoms. The molecule has 3 rings (SSSR count). The molecule has 0 aliphatic carbocycles. The SMILES string of the molecule is Cc1ccccc1C(=O)N[C@H](C(=O)OCC(=O)Nc1ccccc1N1CCCC1=O)C(C)C. The van der Waals surface area contributed by atoms with E-state index in [4.69, 9.17) is 4.74 Å². The van der Waals surface area contributed by atoms with Gasteiger partial charge in [-0.25, -0.2) is 4.79 Å². The van der Waals surface area contributed by atoms with Crippen LogP contribution in [-0.2, 0) is 19.1 Å². The molecule has 1 aliphatic rings. The first-order chi connectivity index (χ1) is 15.8. The van der Waals surface area contributed by atoms with Crippen molar-refractivity contribution in [3.8, 4) is 0 Å². The highest BCUT2D eigenvalue weighted by Crippen LogP contribution is 2.29. The number of anilines is 2. The maximum absolute atomic E-state index is 12.6. The van der Waals surface area contributed by atoms with Crippen LogP contribution in [-0.4, -0.2) is 42.9 Å². The van der Waals surface area contributed by atoms with Gasteiger partial charge in [0.25, 0.3) is 11.8 Å². The monoisotopic (exact) mass is 451 g/mol. The van der Waals surface area contributed by atoms with Crippen molar-refractivity contribution in [2.45, 2.75) is 39.7 Å². The van der Waals surface area contributed by atoms with E-state index in [0.29, 0.717) is 29.9 Å². The summed E-state index contributed by atoms with van der Waals surface area (Å²) in [5.41, 5.74) is 2.36. The van der Waals surface area contributed by atoms with Gasteiger partial charge in [-0.15, -0.1) is 0 Å². The van der Waals surface area contributed by atoms with E-state index in [9.17, 15) is 19.2 Å². The quantitative estimate of drug-likeness (QED) is 0.600. The summed E-state index contributed by atoms with van der Waals surface area (Å²) in [4.78, 5) is 51.5. The lowest BCUT2D eigenvalue weighted by atomic mass is 10.0. The number of aryl methyl sites for hydroxylation is 1. The van der Waals surface area contributed by atoms with Crippen LogP contribution >= 0.6 is 0 Å². The Morgan fingerprint density at radius 1 is 1.06 bits per heavy atom. The first-order valence-electron chi connectivity index (χ1n) is 11.0. The van der Waals surface area contributed by atoms with Crippen molar-refractivity contribution < 1.29 is 23.9 Å². The zero-order valence-electron chi connectivity index (χ0n) is 19.1. The summed E-state index contributed by atoms with van der Waals surface area (Å²) in [5, 5.41) is 5.42. The van der Waals surface area contributed by atoms with Crippen molar-refractivity contribution in [2.75, 3.05) is 23.4 Å². The molecule has 3 amide bonds. The molecule has 1 atom stereocenters. The van der Waals surface area contributed by atoms with Crippen LogP contribution in [0.3, 0.4) is 0 Å². The molecule has 1 heterocycles. The number of benzene rings is 2. The van der Waals surface area contributed by atoms with Crippen LogP contribution in [0.15, 0.2) is 48.5 Å². The second kappa shape index (κ2) is 10.8. The van der Waals surface area contributed by atoms with Crippen LogP contribution < -0.4 is 15.5 Å². The van der Waals surface area contributed by atoms with Gasteiger partial charge < -0.3 is 20.3 Å². The van der Waals surface area contributed by atoms with Crippen molar-refractivity contribution in [1.29, 1.82) is 0 Å². The van der Waals surface area contributed by atoms with E-state index >= 15 is 0 Å². The average Bonchev–Trinajstić information content (AvgIpc) is 3.21. The molecule has 0 unspecified atom stereocenters. The predicted molar refractivity (Wildman–Crippen MR) is 125 cm³/mol. The molecule has 8 heteroatoms. The summed E-state index contributed by atoms with van der Waals surface area (Å²) in [6.45, 7) is 5.47. The van der Waals surface area contributed by atoms with Gasteiger partial charge >= 0.3 is 5.97 Å². The van der Waals surface area contributed by atoms with Crippen LogP contribution in [0.1, 0.15) is 42.6 Å². The minimum atomic E-state index is -0.903. The van der Waals surface area contributed by atoms with Crippen molar-refractivity contribution in [1.82, 2.24) is 5.32 Å². The Kier molecular flexibility index (Phi) is 7.82. The largest absolute Gasteiger partial charge is 0.454 e. The first kappa shape index (κ1) is 24.0. The Balaban J connectivity index is 1.60. The van der Waals surface area contributed by atoms with E-state index in [0.717, 1.165) is 12.0 Å². The molecule has 2 N–H and O–H groups in total. The van der Waals surface area contributed by atoms with Crippen LogP contribution in [0.25, 0.3) is 0 Å². The molecule has 2 aromatic rings. The van der Waals surface area contributed by atoms with Crippen molar-refractivity contribution in [3.63, 3.8) is 0 Å². The number of carbonyl (C=O) groups is 4. The van der Waals surface area contributed by atoms with E-state index in [1.165, 1.54) is 0 Å². The number of hydrogen-bond acceptors (Lipinski definition) is 5. The molecule has 1 aliphatic heterocycles. The summed E-state index contributed by atoms with van der Waals surface area (Å²) >= 11 is 0. The number of esters is 1. The van der Waals surface area contributed by atoms with E-state index in [-0.39, 0.29) is 17.7 Å². The van der Waals surface area contributed by atoms with E-state index < -0.39 is 24.5 Å². The third-order valence-corrected chi connectivity index (χ3v) is 5.48. The van der Waals surface area contributed by atoms with Crippen LogP contribution in [0.5, 0.6) is 0 Å². The van der Waals surface area contributed by atoms with Gasteiger partial charge in [0.05, 0.1) is 11.4 Å². The Hall–Kier alpha value is -3.68. The number of hydrogen-bond donors (Lipinski definition) is 2. The number of nitrogens with one attached hydrogen (secondary N) is 2. The number of carbonyl (C=O) groups excluding carboxylic acids is 4. The van der Waals surface area contributed by atoms with Crippen LogP contribution in [0.2, 0.25) is 0 Å². The maximum atomic E-state index is 12.6. The Labute approximate surface area is 193 Å². The predicted octanol–water partition coefficient (Wildman–Crippen LogP) is 3.06. The van der Waals surface area contributed by atoms with Gasteiger partial charge in [0, 0.05) is 18.5 Å². The molecular formula is C25H29N3O5. The van der Waals surface area contributed by atoms with Crippen molar-refractivity contribution in [2.24, 2.45) is 5.92 Å². The lowest BCUT2D eigenvalue weighted by Crippen LogP contribution is -2.46. The molecule has 1 fully saturated rings. The Morgan fingerprint density at radius 3 is 2.42 bits per heavy atom. The van der Waals surface area contributed by atoms with Crippen molar-refractivity contribution >= 4 is 35.1 Å². The molecule has 1 saturated heterocycles. The number of ether oxygens (including phenoxy) is 1. The highest BCUT2D eigenvalue weighted by atomic mass is 16.5. The standard InChI is InChI=1S/C25H29N3O5/c1-16(2)23(27-24(31)18-10-5-4-9-17(18)3)25(32)33-15-21(29)26-19-11-6-7-12-20(19)28-14-8-13-22(28)30/h4-7,9-12,16,23H,8,13-15H2,1-3H3,(H,26,29)(H,27,31)/t23-/m0/s1. The van der Waals surface area contributed by atoms with E-state index in [1.54, 1.807) is 55.1 Å². The number of rotatable bonds is 8. The summed E-state index contributed by atoms with van der Waals surface area (Å²) < 4.78 is 5.21. The molecule has 0 aromatic heterocycles. The fraction of sp³-hybridized carbons (Fsp3) is 0.360. The molecule has 0 bridgehead atoms. The third-order valence-electron chi connectivity index (χ3n) is 5.48. The Bertz CT molecular complexity index is 1050. The normalized spacial score (nSPS) is 14.2. The van der Waals surface area contributed by atoms with Crippen molar-refractivity contribution in [3.05, 3.63) is 59.7 Å². The molecular weight excluding hydrogens is 422 g/mol. The minimum Gasteiger partial charge on any atom is -0.454 e. The van der Waals surface area contributed by atoms with Gasteiger partial charge in [-0.3, -0.25) is 14.4 Å². The molecule has 8 nitrogen and oxygen atoms in total. The summed E-state index contributed by atoms with van der Waals surface area (Å²) in [6.07, 6.45) is 1.24. The Morgan fingerprint density at radius 2 is 1.76 bits per heavy atom. The fourth-order valence-electron chi connectivity index (χ4n) is 3.67. The number of para-hydroxylation sites is 2. The lowest BCUT2D eigenvalue weighted by molar-refractivity contribution is -0.150. The molecule has 174 valence electrons.